The number of carbonyl (C=O) groups excluding carboxylic acids is 2. The lowest BCUT2D eigenvalue weighted by Crippen LogP contribution is -2.52. The molecule has 1 atom stereocenters. The van der Waals surface area contributed by atoms with Crippen LogP contribution in [0.2, 0.25) is 0 Å². The number of aryl methyl sites for hydroxylation is 1. The van der Waals surface area contributed by atoms with E-state index in [1.807, 2.05) is 49.1 Å². The van der Waals surface area contributed by atoms with Crippen molar-refractivity contribution in [2.45, 2.75) is 19.9 Å². The van der Waals surface area contributed by atoms with E-state index in [2.05, 4.69) is 10.6 Å². The molecule has 0 saturated carbocycles. The normalized spacial score (nSPS) is 17.2. The van der Waals surface area contributed by atoms with E-state index in [0.29, 0.717) is 23.4 Å². The molecule has 1 unspecified atom stereocenters. The van der Waals surface area contributed by atoms with Gasteiger partial charge in [0.25, 0.3) is 11.8 Å². The van der Waals surface area contributed by atoms with Crippen molar-refractivity contribution in [2.24, 2.45) is 0 Å². The van der Waals surface area contributed by atoms with Gasteiger partial charge in [0, 0.05) is 42.5 Å². The summed E-state index contributed by atoms with van der Waals surface area (Å²) in [6, 6.07) is 14.7. The third-order valence-electron chi connectivity index (χ3n) is 4.53. The first-order valence-electron chi connectivity index (χ1n) is 8.55. The monoisotopic (exact) mass is 337 g/mol. The third-order valence-corrected chi connectivity index (χ3v) is 4.53. The quantitative estimate of drug-likeness (QED) is 0.905. The molecule has 0 aromatic heterocycles. The standard InChI is InChI=1S/C20H23N3O2/c1-14-8-9-17(20(25)23-11-10-21-13-15(23)2)12-18(14)22-19(24)16-6-4-3-5-7-16/h3-9,12,15,21H,10-11,13H2,1-2H3,(H,22,24). The number of hydrogen-bond acceptors (Lipinski definition) is 3. The fourth-order valence-electron chi connectivity index (χ4n) is 2.98. The summed E-state index contributed by atoms with van der Waals surface area (Å²) in [5, 5.41) is 6.20. The van der Waals surface area contributed by atoms with Gasteiger partial charge in [0.05, 0.1) is 0 Å². The minimum absolute atomic E-state index is 0.00390. The van der Waals surface area contributed by atoms with Crippen molar-refractivity contribution in [1.29, 1.82) is 0 Å². The fraction of sp³-hybridized carbons (Fsp3) is 0.300. The van der Waals surface area contributed by atoms with E-state index in [9.17, 15) is 9.59 Å². The summed E-state index contributed by atoms with van der Waals surface area (Å²) in [5.41, 5.74) is 2.79. The largest absolute Gasteiger partial charge is 0.333 e. The molecule has 25 heavy (non-hydrogen) atoms. The number of anilines is 1. The number of amides is 2. The summed E-state index contributed by atoms with van der Waals surface area (Å²) in [5.74, 6) is -0.173. The Kier molecular flexibility index (Phi) is 5.14. The van der Waals surface area contributed by atoms with Gasteiger partial charge in [-0.25, -0.2) is 0 Å². The highest BCUT2D eigenvalue weighted by molar-refractivity contribution is 6.05. The van der Waals surface area contributed by atoms with E-state index in [4.69, 9.17) is 0 Å². The van der Waals surface area contributed by atoms with Crippen LogP contribution in [0.15, 0.2) is 48.5 Å². The molecule has 0 bridgehead atoms. The second kappa shape index (κ2) is 7.49. The van der Waals surface area contributed by atoms with Gasteiger partial charge in [-0.15, -0.1) is 0 Å². The Hall–Kier alpha value is -2.66. The van der Waals surface area contributed by atoms with Gasteiger partial charge >= 0.3 is 0 Å². The predicted molar refractivity (Wildman–Crippen MR) is 98.9 cm³/mol. The van der Waals surface area contributed by atoms with Crippen LogP contribution in [0.5, 0.6) is 0 Å². The van der Waals surface area contributed by atoms with Crippen LogP contribution in [0, 0.1) is 6.92 Å². The molecular formula is C20H23N3O2. The van der Waals surface area contributed by atoms with Gasteiger partial charge in [0.2, 0.25) is 0 Å². The summed E-state index contributed by atoms with van der Waals surface area (Å²) in [6.45, 7) is 6.26. The molecule has 1 fully saturated rings. The maximum absolute atomic E-state index is 12.8. The zero-order chi connectivity index (χ0) is 17.8. The molecule has 1 aliphatic heterocycles. The Morgan fingerprint density at radius 3 is 2.60 bits per heavy atom. The number of hydrogen-bond donors (Lipinski definition) is 2. The topological polar surface area (TPSA) is 61.4 Å². The predicted octanol–water partition coefficient (Wildman–Crippen LogP) is 2.68. The van der Waals surface area contributed by atoms with Crippen molar-refractivity contribution in [3.63, 3.8) is 0 Å². The van der Waals surface area contributed by atoms with Crippen LogP contribution in [0.25, 0.3) is 0 Å². The van der Waals surface area contributed by atoms with Crippen molar-refractivity contribution in [3.05, 3.63) is 65.2 Å². The zero-order valence-corrected chi connectivity index (χ0v) is 14.6. The maximum atomic E-state index is 12.8. The van der Waals surface area contributed by atoms with E-state index in [1.165, 1.54) is 0 Å². The first kappa shape index (κ1) is 17.2. The van der Waals surface area contributed by atoms with E-state index in [1.54, 1.807) is 18.2 Å². The van der Waals surface area contributed by atoms with E-state index in [-0.39, 0.29) is 17.9 Å². The van der Waals surface area contributed by atoms with Crippen LogP contribution in [-0.4, -0.2) is 42.4 Å². The lowest BCUT2D eigenvalue weighted by Gasteiger charge is -2.34. The Labute approximate surface area is 148 Å². The summed E-state index contributed by atoms with van der Waals surface area (Å²) in [4.78, 5) is 27.1. The van der Waals surface area contributed by atoms with Crippen LogP contribution in [-0.2, 0) is 0 Å². The number of nitrogens with one attached hydrogen (secondary N) is 2. The summed E-state index contributed by atoms with van der Waals surface area (Å²) in [7, 11) is 0. The average molecular weight is 337 g/mol. The molecule has 2 aromatic rings. The molecule has 5 heteroatoms. The lowest BCUT2D eigenvalue weighted by atomic mass is 10.1. The first-order chi connectivity index (χ1) is 12.1. The molecule has 1 saturated heterocycles. The number of nitrogens with zero attached hydrogens (tertiary/aromatic N) is 1. The Balaban J connectivity index is 1.80. The van der Waals surface area contributed by atoms with Crippen LogP contribution < -0.4 is 10.6 Å². The highest BCUT2D eigenvalue weighted by Gasteiger charge is 2.24. The maximum Gasteiger partial charge on any atom is 0.255 e. The summed E-state index contributed by atoms with van der Waals surface area (Å²) >= 11 is 0. The molecule has 0 spiro atoms. The molecule has 2 aromatic carbocycles. The van der Waals surface area contributed by atoms with E-state index in [0.717, 1.165) is 18.7 Å². The molecule has 5 nitrogen and oxygen atoms in total. The van der Waals surface area contributed by atoms with Crippen LogP contribution in [0.4, 0.5) is 5.69 Å². The third kappa shape index (κ3) is 3.88. The molecule has 3 rings (SSSR count). The molecular weight excluding hydrogens is 314 g/mol. The molecule has 1 heterocycles. The lowest BCUT2D eigenvalue weighted by molar-refractivity contribution is 0.0655. The summed E-state index contributed by atoms with van der Waals surface area (Å²) < 4.78 is 0. The number of rotatable bonds is 3. The van der Waals surface area contributed by atoms with Gasteiger partial charge in [0.1, 0.15) is 0 Å². The van der Waals surface area contributed by atoms with Crippen molar-refractivity contribution in [1.82, 2.24) is 10.2 Å². The van der Waals surface area contributed by atoms with E-state index < -0.39 is 0 Å². The van der Waals surface area contributed by atoms with Gasteiger partial charge in [-0.3, -0.25) is 9.59 Å². The smallest absolute Gasteiger partial charge is 0.255 e. The summed E-state index contributed by atoms with van der Waals surface area (Å²) in [6.07, 6.45) is 0. The molecule has 0 aliphatic carbocycles. The first-order valence-corrected chi connectivity index (χ1v) is 8.55. The minimum atomic E-state index is -0.177. The van der Waals surface area contributed by atoms with Crippen molar-refractivity contribution in [2.75, 3.05) is 25.0 Å². The van der Waals surface area contributed by atoms with E-state index >= 15 is 0 Å². The Morgan fingerprint density at radius 1 is 1.12 bits per heavy atom. The number of benzene rings is 2. The minimum Gasteiger partial charge on any atom is -0.333 e. The highest BCUT2D eigenvalue weighted by Crippen LogP contribution is 2.20. The van der Waals surface area contributed by atoms with Gasteiger partial charge < -0.3 is 15.5 Å². The van der Waals surface area contributed by atoms with Gasteiger partial charge in [-0.05, 0) is 43.7 Å². The fourth-order valence-corrected chi connectivity index (χ4v) is 2.98. The number of carbonyl (C=O) groups is 2. The molecule has 0 radical (unpaired) electrons. The van der Waals surface area contributed by atoms with Crippen LogP contribution in [0.3, 0.4) is 0 Å². The molecule has 2 N–H and O–H groups in total. The van der Waals surface area contributed by atoms with Gasteiger partial charge in [0.15, 0.2) is 0 Å². The molecule has 130 valence electrons. The average Bonchev–Trinajstić information content (AvgIpc) is 2.64. The molecule has 2 amide bonds. The Morgan fingerprint density at radius 2 is 1.88 bits per heavy atom. The Bertz CT molecular complexity index is 774. The SMILES string of the molecule is Cc1ccc(C(=O)N2CCNCC2C)cc1NC(=O)c1ccccc1. The molecule has 1 aliphatic rings. The zero-order valence-electron chi connectivity index (χ0n) is 14.6. The van der Waals surface area contributed by atoms with Crippen molar-refractivity contribution >= 4 is 17.5 Å². The van der Waals surface area contributed by atoms with Crippen LogP contribution in [0.1, 0.15) is 33.2 Å². The number of piperazine rings is 1. The van der Waals surface area contributed by atoms with Crippen molar-refractivity contribution < 1.29 is 9.59 Å². The van der Waals surface area contributed by atoms with Crippen molar-refractivity contribution in [3.8, 4) is 0 Å². The second-order valence-electron chi connectivity index (χ2n) is 6.40. The second-order valence-corrected chi connectivity index (χ2v) is 6.40. The van der Waals surface area contributed by atoms with Gasteiger partial charge in [-0.2, -0.15) is 0 Å². The van der Waals surface area contributed by atoms with Crippen LogP contribution >= 0.6 is 0 Å². The van der Waals surface area contributed by atoms with Gasteiger partial charge in [-0.1, -0.05) is 24.3 Å². The highest BCUT2D eigenvalue weighted by atomic mass is 16.2.